The van der Waals surface area contributed by atoms with E-state index in [1.165, 1.54) is 6.07 Å². The fourth-order valence-corrected chi connectivity index (χ4v) is 4.30. The molecule has 5 nitrogen and oxygen atoms in total. The Morgan fingerprint density at radius 2 is 1.72 bits per heavy atom. The van der Waals surface area contributed by atoms with Crippen molar-refractivity contribution in [3.63, 3.8) is 0 Å². The molecule has 8 heteroatoms. The van der Waals surface area contributed by atoms with E-state index in [4.69, 9.17) is 5.73 Å². The highest BCUT2D eigenvalue weighted by Gasteiger charge is 2.23. The predicted octanol–water partition coefficient (Wildman–Crippen LogP) is 2.18. The Morgan fingerprint density at radius 1 is 1.00 bits per heavy atom. The third-order valence-corrected chi connectivity index (χ3v) is 5.94. The van der Waals surface area contributed by atoms with Crippen LogP contribution in [0.15, 0.2) is 46.2 Å². The van der Waals surface area contributed by atoms with Crippen LogP contribution < -0.4 is 16.0 Å². The van der Waals surface area contributed by atoms with Crippen molar-refractivity contribution in [3.8, 4) is 0 Å². The molecule has 134 valence electrons. The maximum absolute atomic E-state index is 13.4. The van der Waals surface area contributed by atoms with Gasteiger partial charge in [-0.05, 0) is 43.3 Å². The summed E-state index contributed by atoms with van der Waals surface area (Å²) >= 11 is 0. The van der Waals surface area contributed by atoms with Gasteiger partial charge in [-0.1, -0.05) is 0 Å². The molecule has 0 spiro atoms. The topological polar surface area (TPSA) is 75.4 Å². The summed E-state index contributed by atoms with van der Waals surface area (Å²) < 4.78 is 52.1. The van der Waals surface area contributed by atoms with E-state index < -0.39 is 26.4 Å². The quantitative estimate of drug-likeness (QED) is 0.814. The van der Waals surface area contributed by atoms with E-state index in [0.29, 0.717) is 6.07 Å². The molecule has 0 atom stereocenters. The highest BCUT2D eigenvalue weighted by Crippen LogP contribution is 2.30. The van der Waals surface area contributed by atoms with E-state index >= 15 is 0 Å². The molecule has 3 N–H and O–H groups in total. The van der Waals surface area contributed by atoms with Crippen LogP contribution in [0, 0.1) is 11.6 Å². The number of halogens is 2. The maximum Gasteiger partial charge on any atom is 0.208 e. The molecule has 0 radical (unpaired) electrons. The highest BCUT2D eigenvalue weighted by molar-refractivity contribution is 7.91. The minimum absolute atomic E-state index is 0.0550. The van der Waals surface area contributed by atoms with Crippen LogP contribution in [0.3, 0.4) is 0 Å². The second-order valence-corrected chi connectivity index (χ2v) is 7.84. The average molecular weight is 367 g/mol. The number of hydrogen-bond donors (Lipinski definition) is 2. The zero-order chi connectivity index (χ0) is 18.0. The Bertz CT molecular complexity index is 859. The van der Waals surface area contributed by atoms with Gasteiger partial charge in [-0.15, -0.1) is 0 Å². The van der Waals surface area contributed by atoms with Gasteiger partial charge < -0.3 is 16.0 Å². The Kier molecular flexibility index (Phi) is 4.91. The van der Waals surface area contributed by atoms with E-state index in [9.17, 15) is 17.2 Å². The van der Waals surface area contributed by atoms with Crippen molar-refractivity contribution in [2.45, 2.75) is 16.2 Å². The molecule has 0 aromatic heterocycles. The largest absolute Gasteiger partial charge is 0.398 e. The molecule has 3 rings (SSSR count). The van der Waals surface area contributed by atoms with Gasteiger partial charge in [-0.25, -0.2) is 17.2 Å². The minimum Gasteiger partial charge on any atom is -0.398 e. The van der Waals surface area contributed by atoms with Gasteiger partial charge >= 0.3 is 0 Å². The summed E-state index contributed by atoms with van der Waals surface area (Å²) in [4.78, 5) is 1.51. The van der Waals surface area contributed by atoms with Gasteiger partial charge in [0.05, 0.1) is 15.5 Å². The van der Waals surface area contributed by atoms with Gasteiger partial charge in [-0.2, -0.15) is 0 Å². The van der Waals surface area contributed by atoms with Crippen LogP contribution in [-0.2, 0) is 9.84 Å². The van der Waals surface area contributed by atoms with Gasteiger partial charge in [0.2, 0.25) is 9.84 Å². The monoisotopic (exact) mass is 367 g/mol. The molecule has 25 heavy (non-hydrogen) atoms. The lowest BCUT2D eigenvalue weighted by Gasteiger charge is -2.23. The number of nitrogens with zero attached hydrogens (tertiary/aromatic N) is 1. The van der Waals surface area contributed by atoms with Gasteiger partial charge in [-0.3, -0.25) is 0 Å². The molecule has 1 saturated heterocycles. The van der Waals surface area contributed by atoms with E-state index in [-0.39, 0.29) is 10.6 Å². The van der Waals surface area contributed by atoms with E-state index in [2.05, 4.69) is 10.2 Å². The summed E-state index contributed by atoms with van der Waals surface area (Å²) in [6.45, 7) is 3.40. The number of hydrogen-bond acceptors (Lipinski definition) is 5. The van der Waals surface area contributed by atoms with Crippen LogP contribution >= 0.6 is 0 Å². The van der Waals surface area contributed by atoms with Crippen LogP contribution in [0.1, 0.15) is 6.42 Å². The molecule has 2 aromatic carbocycles. The summed E-state index contributed by atoms with van der Waals surface area (Å²) in [6, 6.07) is 6.84. The standard InChI is InChI=1S/C17H19F2N3O2S/c18-12-8-13(19)10-15(9-12)25(23,24)17-3-2-14(11-16(17)20)22-6-1-4-21-5-7-22/h2-3,8-11,21H,1,4-7,20H2. The summed E-state index contributed by atoms with van der Waals surface area (Å²) in [5.41, 5.74) is 6.84. The zero-order valence-electron chi connectivity index (χ0n) is 13.5. The van der Waals surface area contributed by atoms with E-state index in [1.54, 1.807) is 12.1 Å². The Labute approximate surface area is 145 Å². The summed E-state index contributed by atoms with van der Waals surface area (Å²) in [5, 5.41) is 3.29. The lowest BCUT2D eigenvalue weighted by Crippen LogP contribution is -2.27. The van der Waals surface area contributed by atoms with E-state index in [0.717, 1.165) is 50.4 Å². The molecule has 0 unspecified atom stereocenters. The minimum atomic E-state index is -4.11. The highest BCUT2D eigenvalue weighted by atomic mass is 32.2. The number of benzene rings is 2. The molecule has 0 saturated carbocycles. The van der Waals surface area contributed by atoms with Gasteiger partial charge in [0, 0.05) is 31.4 Å². The Morgan fingerprint density at radius 3 is 2.40 bits per heavy atom. The molecule has 0 amide bonds. The average Bonchev–Trinajstić information content (AvgIpc) is 2.83. The molecule has 2 aromatic rings. The first-order chi connectivity index (χ1) is 11.9. The fraction of sp³-hybridized carbons (Fsp3) is 0.294. The van der Waals surface area contributed by atoms with Gasteiger partial charge in [0.1, 0.15) is 11.6 Å². The van der Waals surface area contributed by atoms with Gasteiger partial charge in [0.25, 0.3) is 0 Å². The lowest BCUT2D eigenvalue weighted by atomic mass is 10.2. The van der Waals surface area contributed by atoms with Gasteiger partial charge in [0.15, 0.2) is 0 Å². The SMILES string of the molecule is Nc1cc(N2CCCNCC2)ccc1S(=O)(=O)c1cc(F)cc(F)c1. The number of nitrogen functional groups attached to an aromatic ring is 1. The van der Waals surface area contributed by atoms with Crippen LogP contribution in [-0.4, -0.2) is 34.6 Å². The van der Waals surface area contributed by atoms with Crippen molar-refractivity contribution in [2.75, 3.05) is 36.8 Å². The third-order valence-electron chi connectivity index (χ3n) is 4.13. The molecule has 1 heterocycles. The summed E-state index contributed by atoms with van der Waals surface area (Å²) in [5.74, 6) is -1.91. The molecular formula is C17H19F2N3O2S. The maximum atomic E-state index is 13.4. The van der Waals surface area contributed by atoms with Crippen LogP contribution in [0.5, 0.6) is 0 Å². The van der Waals surface area contributed by atoms with Crippen LogP contribution in [0.25, 0.3) is 0 Å². The normalized spacial score (nSPS) is 15.8. The lowest BCUT2D eigenvalue weighted by molar-refractivity contribution is 0.567. The van der Waals surface area contributed by atoms with Crippen molar-refractivity contribution in [1.29, 1.82) is 0 Å². The molecular weight excluding hydrogens is 348 g/mol. The smallest absolute Gasteiger partial charge is 0.208 e. The van der Waals surface area contributed by atoms with Crippen molar-refractivity contribution < 1.29 is 17.2 Å². The first kappa shape index (κ1) is 17.6. The second kappa shape index (κ2) is 6.97. The van der Waals surface area contributed by atoms with Crippen molar-refractivity contribution in [1.82, 2.24) is 5.32 Å². The number of anilines is 2. The van der Waals surface area contributed by atoms with Crippen LogP contribution in [0.2, 0.25) is 0 Å². The zero-order valence-corrected chi connectivity index (χ0v) is 14.3. The number of rotatable bonds is 3. The molecule has 1 aliphatic heterocycles. The first-order valence-electron chi connectivity index (χ1n) is 7.94. The summed E-state index contributed by atoms with van der Waals surface area (Å²) in [6.07, 6.45) is 0.975. The Hall–Kier alpha value is -2.19. The number of nitrogens with two attached hydrogens (primary N) is 1. The predicted molar refractivity (Wildman–Crippen MR) is 92.4 cm³/mol. The number of sulfone groups is 1. The molecule has 1 fully saturated rings. The second-order valence-electron chi connectivity index (χ2n) is 5.92. The fourth-order valence-electron chi connectivity index (χ4n) is 2.89. The Balaban J connectivity index is 1.97. The third kappa shape index (κ3) is 3.74. The van der Waals surface area contributed by atoms with Crippen LogP contribution in [0.4, 0.5) is 20.2 Å². The van der Waals surface area contributed by atoms with Crippen molar-refractivity contribution in [2.24, 2.45) is 0 Å². The summed E-state index contributed by atoms with van der Waals surface area (Å²) in [7, 11) is -4.11. The molecule has 0 aliphatic carbocycles. The van der Waals surface area contributed by atoms with E-state index in [1.807, 2.05) is 0 Å². The van der Waals surface area contributed by atoms with Crippen molar-refractivity contribution >= 4 is 21.2 Å². The number of nitrogens with one attached hydrogen (secondary N) is 1. The molecule has 1 aliphatic rings. The molecule has 0 bridgehead atoms. The first-order valence-corrected chi connectivity index (χ1v) is 9.42. The van der Waals surface area contributed by atoms with Crippen molar-refractivity contribution in [3.05, 3.63) is 48.0 Å².